The number of nitriles is 1. The van der Waals surface area contributed by atoms with E-state index in [1.165, 1.54) is 4.68 Å². The lowest BCUT2D eigenvalue weighted by atomic mass is 10.0. The van der Waals surface area contributed by atoms with E-state index in [2.05, 4.69) is 11.2 Å². The third-order valence-corrected chi connectivity index (χ3v) is 3.75. The van der Waals surface area contributed by atoms with Gasteiger partial charge in [-0.3, -0.25) is 5.41 Å². The van der Waals surface area contributed by atoms with Crippen LogP contribution >= 0.6 is 0 Å². The number of nitrogens with zero attached hydrogens (tertiary/aromatic N) is 3. The first kappa shape index (κ1) is 15.1. The standard InChI is InChI=1S/C16H16N4O3/c1-21-11-5-10(6-12(7-11)22-2)20-16(18)14(8-17)13-3-4-23-9-15(13)19-20/h5-7,18H,3-4,9H2,1-2H3. The Labute approximate surface area is 133 Å². The summed E-state index contributed by atoms with van der Waals surface area (Å²) >= 11 is 0. The number of aromatic nitrogens is 2. The highest BCUT2D eigenvalue weighted by Crippen LogP contribution is 2.25. The van der Waals surface area contributed by atoms with Gasteiger partial charge < -0.3 is 14.2 Å². The maximum Gasteiger partial charge on any atom is 0.164 e. The molecule has 0 atom stereocenters. The molecule has 118 valence electrons. The maximum atomic E-state index is 9.45. The molecule has 1 aliphatic heterocycles. The van der Waals surface area contributed by atoms with Gasteiger partial charge >= 0.3 is 0 Å². The monoisotopic (exact) mass is 312 g/mol. The van der Waals surface area contributed by atoms with Gasteiger partial charge in [0.15, 0.2) is 5.49 Å². The Bertz CT molecular complexity index is 829. The van der Waals surface area contributed by atoms with E-state index in [9.17, 15) is 5.26 Å². The third-order valence-electron chi connectivity index (χ3n) is 3.75. The summed E-state index contributed by atoms with van der Waals surface area (Å²) in [7, 11) is 3.11. The minimum atomic E-state index is 0.0449. The SMILES string of the molecule is COc1cc(OC)cc(-n2nc3c(c(C#N)c2=N)CCOC3)c1. The molecule has 1 N–H and O–H groups in total. The zero-order valence-corrected chi connectivity index (χ0v) is 12.9. The third kappa shape index (κ3) is 2.64. The van der Waals surface area contributed by atoms with E-state index in [1.54, 1.807) is 32.4 Å². The molecule has 0 radical (unpaired) electrons. The Morgan fingerprint density at radius 2 is 1.96 bits per heavy atom. The van der Waals surface area contributed by atoms with Gasteiger partial charge in [-0.05, 0) is 6.42 Å². The second-order valence-corrected chi connectivity index (χ2v) is 5.05. The first-order valence-corrected chi connectivity index (χ1v) is 7.09. The topological polar surface area (TPSA) is 93.2 Å². The fraction of sp³-hybridized carbons (Fsp3) is 0.312. The molecule has 1 aliphatic rings. The van der Waals surface area contributed by atoms with Crippen molar-refractivity contribution in [3.63, 3.8) is 0 Å². The highest BCUT2D eigenvalue weighted by atomic mass is 16.5. The van der Waals surface area contributed by atoms with Crippen LogP contribution < -0.4 is 15.0 Å². The van der Waals surface area contributed by atoms with Gasteiger partial charge in [-0.15, -0.1) is 0 Å². The molecular weight excluding hydrogens is 296 g/mol. The second kappa shape index (κ2) is 6.10. The van der Waals surface area contributed by atoms with Crippen LogP contribution in [0.15, 0.2) is 18.2 Å². The lowest BCUT2D eigenvalue weighted by Gasteiger charge is -2.19. The van der Waals surface area contributed by atoms with Crippen molar-refractivity contribution in [2.75, 3.05) is 20.8 Å². The highest BCUT2D eigenvalue weighted by Gasteiger charge is 2.20. The van der Waals surface area contributed by atoms with Crippen molar-refractivity contribution in [1.82, 2.24) is 9.78 Å². The van der Waals surface area contributed by atoms with Crippen LogP contribution in [0.1, 0.15) is 16.8 Å². The van der Waals surface area contributed by atoms with E-state index in [-0.39, 0.29) is 5.49 Å². The van der Waals surface area contributed by atoms with E-state index in [0.29, 0.717) is 48.1 Å². The maximum absolute atomic E-state index is 9.45. The molecule has 7 nitrogen and oxygen atoms in total. The van der Waals surface area contributed by atoms with Gasteiger partial charge in [-0.1, -0.05) is 0 Å². The fourth-order valence-corrected chi connectivity index (χ4v) is 2.57. The first-order valence-electron chi connectivity index (χ1n) is 7.09. The molecule has 1 aromatic heterocycles. The highest BCUT2D eigenvalue weighted by molar-refractivity contribution is 5.47. The molecule has 0 amide bonds. The quantitative estimate of drug-likeness (QED) is 0.922. The number of ether oxygens (including phenoxy) is 3. The summed E-state index contributed by atoms with van der Waals surface area (Å²) in [5, 5.41) is 22.3. The predicted molar refractivity (Wildman–Crippen MR) is 80.6 cm³/mol. The van der Waals surface area contributed by atoms with Crippen LogP contribution in [0.4, 0.5) is 0 Å². The average Bonchev–Trinajstić information content (AvgIpc) is 2.60. The van der Waals surface area contributed by atoms with Crippen molar-refractivity contribution in [2.24, 2.45) is 0 Å². The number of benzene rings is 1. The molecule has 1 aromatic carbocycles. The Morgan fingerprint density at radius 3 is 2.57 bits per heavy atom. The number of methoxy groups -OCH3 is 2. The fourth-order valence-electron chi connectivity index (χ4n) is 2.57. The number of hydrogen-bond donors (Lipinski definition) is 1. The summed E-state index contributed by atoms with van der Waals surface area (Å²) in [4.78, 5) is 0. The molecule has 0 spiro atoms. The largest absolute Gasteiger partial charge is 0.497 e. The van der Waals surface area contributed by atoms with Crippen LogP contribution in [0.25, 0.3) is 5.69 Å². The van der Waals surface area contributed by atoms with Gasteiger partial charge in [0.25, 0.3) is 0 Å². The molecule has 2 heterocycles. The summed E-state index contributed by atoms with van der Waals surface area (Å²) in [5.74, 6) is 1.17. The Morgan fingerprint density at radius 1 is 1.26 bits per heavy atom. The van der Waals surface area contributed by atoms with Gasteiger partial charge in [0.1, 0.15) is 23.1 Å². The minimum Gasteiger partial charge on any atom is -0.497 e. The zero-order chi connectivity index (χ0) is 16.4. The van der Waals surface area contributed by atoms with Gasteiger partial charge in [-0.25, -0.2) is 4.68 Å². The predicted octanol–water partition coefficient (Wildman–Crippen LogP) is 1.31. The molecule has 2 aromatic rings. The average molecular weight is 312 g/mol. The van der Waals surface area contributed by atoms with Crippen LogP contribution in [-0.4, -0.2) is 30.6 Å². The van der Waals surface area contributed by atoms with Crippen molar-refractivity contribution in [3.05, 3.63) is 40.5 Å². The van der Waals surface area contributed by atoms with Crippen molar-refractivity contribution in [3.8, 4) is 23.3 Å². The lowest BCUT2D eigenvalue weighted by molar-refractivity contribution is 0.105. The second-order valence-electron chi connectivity index (χ2n) is 5.05. The van der Waals surface area contributed by atoms with Crippen LogP contribution in [0.3, 0.4) is 0 Å². The van der Waals surface area contributed by atoms with Crippen LogP contribution in [0.2, 0.25) is 0 Å². The van der Waals surface area contributed by atoms with Crippen LogP contribution in [-0.2, 0) is 17.8 Å². The van der Waals surface area contributed by atoms with Crippen molar-refractivity contribution < 1.29 is 14.2 Å². The van der Waals surface area contributed by atoms with E-state index in [4.69, 9.17) is 19.6 Å². The summed E-state index contributed by atoms with van der Waals surface area (Å²) in [5.41, 5.74) is 2.46. The smallest absolute Gasteiger partial charge is 0.164 e. The summed E-state index contributed by atoms with van der Waals surface area (Å²) in [6, 6.07) is 7.34. The van der Waals surface area contributed by atoms with Gasteiger partial charge in [-0.2, -0.15) is 10.4 Å². The normalized spacial score (nSPS) is 13.1. The van der Waals surface area contributed by atoms with Crippen molar-refractivity contribution in [2.45, 2.75) is 13.0 Å². The Balaban J connectivity index is 2.25. The number of nitrogens with one attached hydrogen (secondary N) is 1. The van der Waals surface area contributed by atoms with Crippen LogP contribution in [0.5, 0.6) is 11.5 Å². The minimum absolute atomic E-state index is 0.0449. The molecule has 0 fully saturated rings. The van der Waals surface area contributed by atoms with Gasteiger partial charge in [0.2, 0.25) is 0 Å². The molecule has 7 heteroatoms. The van der Waals surface area contributed by atoms with Crippen molar-refractivity contribution in [1.29, 1.82) is 10.7 Å². The lowest BCUT2D eigenvalue weighted by Crippen LogP contribution is -2.30. The summed E-state index contributed by atoms with van der Waals surface area (Å²) in [6.07, 6.45) is 0.597. The molecule has 0 bridgehead atoms. The van der Waals surface area contributed by atoms with E-state index in [1.807, 2.05) is 0 Å². The molecular formula is C16H16N4O3. The molecule has 0 saturated carbocycles. The molecule has 0 saturated heterocycles. The number of hydrogen-bond acceptors (Lipinski definition) is 6. The van der Waals surface area contributed by atoms with E-state index < -0.39 is 0 Å². The Kier molecular flexibility index (Phi) is 4.00. The first-order chi connectivity index (χ1) is 11.2. The van der Waals surface area contributed by atoms with Gasteiger partial charge in [0, 0.05) is 23.8 Å². The van der Waals surface area contributed by atoms with Gasteiger partial charge in [0.05, 0.1) is 38.8 Å². The molecule has 0 unspecified atom stereocenters. The number of rotatable bonds is 3. The van der Waals surface area contributed by atoms with E-state index >= 15 is 0 Å². The molecule has 0 aliphatic carbocycles. The number of fused-ring (bicyclic) bond motifs is 1. The molecule has 23 heavy (non-hydrogen) atoms. The van der Waals surface area contributed by atoms with Crippen molar-refractivity contribution >= 4 is 0 Å². The Hall–Kier alpha value is -2.85. The summed E-state index contributed by atoms with van der Waals surface area (Å²) in [6.45, 7) is 0.880. The molecule has 3 rings (SSSR count). The van der Waals surface area contributed by atoms with Crippen LogP contribution in [0, 0.1) is 16.7 Å². The zero-order valence-electron chi connectivity index (χ0n) is 12.9. The summed E-state index contributed by atoms with van der Waals surface area (Å²) < 4.78 is 17.3. The van der Waals surface area contributed by atoms with E-state index in [0.717, 1.165) is 5.56 Å².